The van der Waals surface area contributed by atoms with Crippen LogP contribution < -0.4 is 14.2 Å². The molecule has 0 heterocycles. The second kappa shape index (κ2) is 6.61. The molecule has 0 aliphatic rings. The molecule has 0 bridgehead atoms. The van der Waals surface area contributed by atoms with Crippen LogP contribution in [0.15, 0.2) is 12.1 Å². The van der Waals surface area contributed by atoms with E-state index in [4.69, 9.17) is 14.2 Å². The summed E-state index contributed by atoms with van der Waals surface area (Å²) in [6.07, 6.45) is -0.0110. The van der Waals surface area contributed by atoms with Crippen LogP contribution in [0.1, 0.15) is 18.1 Å². The molecule has 5 heteroatoms. The van der Waals surface area contributed by atoms with Crippen molar-refractivity contribution >= 4 is 12.6 Å². The van der Waals surface area contributed by atoms with E-state index in [1.54, 1.807) is 33.5 Å². The molecule has 0 radical (unpaired) electrons. The van der Waals surface area contributed by atoms with E-state index in [1.807, 2.05) is 0 Å². The molecule has 0 aromatic heterocycles. The van der Waals surface area contributed by atoms with Crippen LogP contribution in [0.5, 0.6) is 17.2 Å². The lowest BCUT2D eigenvalue weighted by atomic mass is 10.1. The first-order valence-corrected chi connectivity index (χ1v) is 5.90. The topological polar surface area (TPSA) is 47.9 Å². The lowest BCUT2D eigenvalue weighted by molar-refractivity contribution is 0.174. The summed E-state index contributed by atoms with van der Waals surface area (Å²) in [5.41, 5.74) is 0.730. The van der Waals surface area contributed by atoms with Crippen molar-refractivity contribution in [1.82, 2.24) is 0 Å². The molecule has 0 saturated heterocycles. The highest BCUT2D eigenvalue weighted by Crippen LogP contribution is 2.40. The number of methoxy groups -OCH3 is 3. The molecule has 4 nitrogen and oxygen atoms in total. The largest absolute Gasteiger partial charge is 0.493 e. The molecule has 0 spiro atoms. The normalized spacial score (nSPS) is 12.1. The van der Waals surface area contributed by atoms with Crippen molar-refractivity contribution in [2.45, 2.75) is 12.5 Å². The molecule has 0 aliphatic heterocycles. The molecule has 1 atom stereocenters. The molecule has 0 fully saturated rings. The van der Waals surface area contributed by atoms with Crippen LogP contribution in [-0.4, -0.2) is 32.2 Å². The summed E-state index contributed by atoms with van der Waals surface area (Å²) in [7, 11) is 4.64. The van der Waals surface area contributed by atoms with E-state index in [-0.39, 0.29) is 0 Å². The smallest absolute Gasteiger partial charge is 0.203 e. The van der Waals surface area contributed by atoms with Gasteiger partial charge in [0.05, 0.1) is 27.4 Å². The first-order chi connectivity index (χ1) is 8.17. The first-order valence-electron chi connectivity index (χ1n) is 5.26. The lowest BCUT2D eigenvalue weighted by Gasteiger charge is -2.16. The number of hydrogen-bond donors (Lipinski definition) is 2. The Labute approximate surface area is 107 Å². The molecule has 1 N–H and O–H groups in total. The summed E-state index contributed by atoms with van der Waals surface area (Å²) in [4.78, 5) is 0. The van der Waals surface area contributed by atoms with Crippen molar-refractivity contribution < 1.29 is 19.3 Å². The third kappa shape index (κ3) is 3.20. The maximum absolute atomic E-state index is 9.92. The highest BCUT2D eigenvalue weighted by Gasteiger charge is 2.16. The lowest BCUT2D eigenvalue weighted by Crippen LogP contribution is -2.02. The Kier molecular flexibility index (Phi) is 5.44. The Balaban J connectivity index is 3.17. The van der Waals surface area contributed by atoms with Crippen LogP contribution >= 0.6 is 12.6 Å². The minimum Gasteiger partial charge on any atom is -0.493 e. The zero-order valence-corrected chi connectivity index (χ0v) is 11.2. The van der Waals surface area contributed by atoms with Gasteiger partial charge in [0.1, 0.15) is 0 Å². The van der Waals surface area contributed by atoms with E-state index in [0.29, 0.717) is 29.4 Å². The van der Waals surface area contributed by atoms with Crippen LogP contribution in [0.25, 0.3) is 0 Å². The minimum absolute atomic E-state index is 0.525. The Morgan fingerprint density at radius 3 is 2.00 bits per heavy atom. The molecule has 1 aromatic rings. The quantitative estimate of drug-likeness (QED) is 0.767. The molecular weight excluding hydrogens is 240 g/mol. The van der Waals surface area contributed by atoms with Crippen LogP contribution in [0.2, 0.25) is 0 Å². The Morgan fingerprint density at radius 2 is 1.65 bits per heavy atom. The van der Waals surface area contributed by atoms with Gasteiger partial charge in [0, 0.05) is 0 Å². The molecule has 1 unspecified atom stereocenters. The summed E-state index contributed by atoms with van der Waals surface area (Å²) >= 11 is 4.10. The van der Waals surface area contributed by atoms with Gasteiger partial charge in [-0.2, -0.15) is 12.6 Å². The van der Waals surface area contributed by atoms with Crippen molar-refractivity contribution in [3.8, 4) is 17.2 Å². The highest BCUT2D eigenvalue weighted by atomic mass is 32.1. The predicted molar refractivity (Wildman–Crippen MR) is 69.5 cm³/mol. The van der Waals surface area contributed by atoms with E-state index in [2.05, 4.69) is 12.6 Å². The van der Waals surface area contributed by atoms with E-state index in [1.165, 1.54) is 0 Å². The van der Waals surface area contributed by atoms with Crippen molar-refractivity contribution in [3.63, 3.8) is 0 Å². The maximum atomic E-state index is 9.92. The number of aliphatic hydroxyl groups excluding tert-OH is 1. The third-order valence-corrected chi connectivity index (χ3v) is 2.73. The predicted octanol–water partition coefficient (Wildman–Crippen LogP) is 2.07. The van der Waals surface area contributed by atoms with Gasteiger partial charge in [0.25, 0.3) is 0 Å². The Morgan fingerprint density at radius 1 is 1.12 bits per heavy atom. The fourth-order valence-electron chi connectivity index (χ4n) is 1.58. The minimum atomic E-state index is -0.582. The Hall–Kier alpha value is -1.07. The number of benzene rings is 1. The molecule has 0 amide bonds. The molecule has 17 heavy (non-hydrogen) atoms. The Bertz CT molecular complexity index is 343. The summed E-state index contributed by atoms with van der Waals surface area (Å²) in [5, 5.41) is 9.92. The number of aliphatic hydroxyl groups is 1. The number of hydrogen-bond acceptors (Lipinski definition) is 5. The van der Waals surface area contributed by atoms with Crippen LogP contribution in [0, 0.1) is 0 Å². The fraction of sp³-hybridized carbons (Fsp3) is 0.500. The van der Waals surface area contributed by atoms with E-state index in [9.17, 15) is 5.11 Å². The van der Waals surface area contributed by atoms with Gasteiger partial charge in [-0.1, -0.05) is 0 Å². The molecule has 0 saturated carbocycles. The van der Waals surface area contributed by atoms with Crippen molar-refractivity contribution in [2.75, 3.05) is 27.1 Å². The molecule has 96 valence electrons. The SMILES string of the molecule is COc1cc(C(O)CCS)cc(OC)c1OC. The zero-order chi connectivity index (χ0) is 12.8. The number of ether oxygens (including phenoxy) is 3. The fourth-order valence-corrected chi connectivity index (χ4v) is 1.83. The maximum Gasteiger partial charge on any atom is 0.203 e. The van der Waals surface area contributed by atoms with E-state index < -0.39 is 6.10 Å². The monoisotopic (exact) mass is 258 g/mol. The second-order valence-corrected chi connectivity index (χ2v) is 3.93. The molecule has 0 aliphatic carbocycles. The van der Waals surface area contributed by atoms with Gasteiger partial charge in [-0.3, -0.25) is 0 Å². The summed E-state index contributed by atoms with van der Waals surface area (Å²) < 4.78 is 15.6. The van der Waals surface area contributed by atoms with Crippen molar-refractivity contribution in [2.24, 2.45) is 0 Å². The van der Waals surface area contributed by atoms with Gasteiger partial charge in [-0.05, 0) is 29.9 Å². The van der Waals surface area contributed by atoms with E-state index in [0.717, 1.165) is 5.56 Å². The van der Waals surface area contributed by atoms with Gasteiger partial charge >= 0.3 is 0 Å². The standard InChI is InChI=1S/C12H18O4S/c1-14-10-6-8(9(13)4-5-17)7-11(15-2)12(10)16-3/h6-7,9,13,17H,4-5H2,1-3H3. The summed E-state index contributed by atoms with van der Waals surface area (Å²) in [5.74, 6) is 2.22. The molecular formula is C12H18O4S. The van der Waals surface area contributed by atoms with Gasteiger partial charge < -0.3 is 19.3 Å². The van der Waals surface area contributed by atoms with Crippen LogP contribution in [0.4, 0.5) is 0 Å². The average molecular weight is 258 g/mol. The molecule has 1 aromatic carbocycles. The van der Waals surface area contributed by atoms with Crippen LogP contribution in [0.3, 0.4) is 0 Å². The van der Waals surface area contributed by atoms with Gasteiger partial charge in [0.2, 0.25) is 5.75 Å². The van der Waals surface area contributed by atoms with Gasteiger partial charge in [-0.15, -0.1) is 0 Å². The van der Waals surface area contributed by atoms with Crippen molar-refractivity contribution in [1.29, 1.82) is 0 Å². The van der Waals surface area contributed by atoms with Crippen LogP contribution in [-0.2, 0) is 0 Å². The third-order valence-electron chi connectivity index (χ3n) is 2.47. The zero-order valence-electron chi connectivity index (χ0n) is 10.3. The van der Waals surface area contributed by atoms with E-state index >= 15 is 0 Å². The molecule has 1 rings (SSSR count). The summed E-state index contributed by atoms with van der Waals surface area (Å²) in [6.45, 7) is 0. The van der Waals surface area contributed by atoms with Crippen molar-refractivity contribution in [3.05, 3.63) is 17.7 Å². The number of rotatable bonds is 6. The van der Waals surface area contributed by atoms with Gasteiger partial charge in [-0.25, -0.2) is 0 Å². The first kappa shape index (κ1) is 14.0. The van der Waals surface area contributed by atoms with Gasteiger partial charge in [0.15, 0.2) is 11.5 Å². The highest BCUT2D eigenvalue weighted by molar-refractivity contribution is 7.80. The number of thiol groups is 1. The average Bonchev–Trinajstić information content (AvgIpc) is 2.37. The second-order valence-electron chi connectivity index (χ2n) is 3.49. The summed E-state index contributed by atoms with van der Waals surface area (Å²) in [6, 6.07) is 3.49.